The molecule has 2 aromatic rings. The smallest absolute Gasteiger partial charge is 0.257 e. The van der Waals surface area contributed by atoms with E-state index < -0.39 is 0 Å². The molecule has 1 aliphatic heterocycles. The van der Waals surface area contributed by atoms with Crippen LogP contribution in [0, 0.1) is 6.92 Å². The molecule has 0 saturated carbocycles. The lowest BCUT2D eigenvalue weighted by atomic mass is 9.90. The summed E-state index contributed by atoms with van der Waals surface area (Å²) in [6.07, 6.45) is 5.80. The number of amides is 1. The Labute approximate surface area is 143 Å². The Hall–Kier alpha value is -2.37. The monoisotopic (exact) mass is 327 g/mol. The zero-order valence-corrected chi connectivity index (χ0v) is 14.9. The lowest BCUT2D eigenvalue weighted by Gasteiger charge is -2.33. The largest absolute Gasteiger partial charge is 0.363 e. The van der Waals surface area contributed by atoms with Gasteiger partial charge in [-0.15, -0.1) is 0 Å². The van der Waals surface area contributed by atoms with Gasteiger partial charge in [0.25, 0.3) is 5.91 Å². The number of nitrogens with zero attached hydrogens (tertiary/aromatic N) is 5. The number of aryl methyl sites for hydroxylation is 2. The maximum Gasteiger partial charge on any atom is 0.257 e. The quantitative estimate of drug-likeness (QED) is 0.867. The molecular weight excluding hydrogens is 302 g/mol. The van der Waals surface area contributed by atoms with Crippen LogP contribution in [0.5, 0.6) is 0 Å². The van der Waals surface area contributed by atoms with Gasteiger partial charge in [0.1, 0.15) is 5.82 Å². The molecule has 24 heavy (non-hydrogen) atoms. The number of carbonyl (C=O) groups excluding carboxylic acids is 1. The predicted octanol–water partition coefficient (Wildman–Crippen LogP) is 2.21. The average Bonchev–Trinajstić information content (AvgIpc) is 2.92. The van der Waals surface area contributed by atoms with Gasteiger partial charge in [-0.05, 0) is 37.5 Å². The van der Waals surface area contributed by atoms with Gasteiger partial charge in [0, 0.05) is 52.5 Å². The second-order valence-electron chi connectivity index (χ2n) is 6.73. The molecule has 128 valence electrons. The molecular formula is C18H25N5O. The Kier molecular flexibility index (Phi) is 4.55. The van der Waals surface area contributed by atoms with Crippen molar-refractivity contribution in [2.24, 2.45) is 7.05 Å². The SMILES string of the molecule is Cc1nn(C)cc1C(=O)N1CCC[C@@H](c2ccnc(N(C)C)c2)C1. The molecule has 1 fully saturated rings. The number of piperidine rings is 1. The van der Waals surface area contributed by atoms with Gasteiger partial charge in [0.2, 0.25) is 0 Å². The van der Waals surface area contributed by atoms with Crippen molar-refractivity contribution < 1.29 is 4.79 Å². The van der Waals surface area contributed by atoms with Crippen molar-refractivity contribution in [1.29, 1.82) is 0 Å². The maximum atomic E-state index is 12.8. The zero-order chi connectivity index (χ0) is 17.3. The van der Waals surface area contributed by atoms with Crippen molar-refractivity contribution in [3.63, 3.8) is 0 Å². The van der Waals surface area contributed by atoms with E-state index in [9.17, 15) is 4.79 Å². The fraction of sp³-hybridized carbons (Fsp3) is 0.500. The van der Waals surface area contributed by atoms with Gasteiger partial charge < -0.3 is 9.80 Å². The van der Waals surface area contributed by atoms with Crippen LogP contribution in [-0.2, 0) is 7.05 Å². The third-order valence-electron chi connectivity index (χ3n) is 4.65. The molecule has 2 aromatic heterocycles. The van der Waals surface area contributed by atoms with E-state index in [4.69, 9.17) is 0 Å². The number of hydrogen-bond acceptors (Lipinski definition) is 4. The summed E-state index contributed by atoms with van der Waals surface area (Å²) in [5, 5.41) is 4.29. The molecule has 1 amide bonds. The van der Waals surface area contributed by atoms with Crippen LogP contribution in [0.1, 0.15) is 40.4 Å². The third-order valence-corrected chi connectivity index (χ3v) is 4.65. The predicted molar refractivity (Wildman–Crippen MR) is 94.4 cm³/mol. The van der Waals surface area contributed by atoms with Crippen LogP contribution in [0.25, 0.3) is 0 Å². The summed E-state index contributed by atoms with van der Waals surface area (Å²) in [4.78, 5) is 21.2. The Balaban J connectivity index is 1.78. The normalized spacial score (nSPS) is 17.8. The topological polar surface area (TPSA) is 54.3 Å². The number of anilines is 1. The van der Waals surface area contributed by atoms with Crippen LogP contribution in [0.4, 0.5) is 5.82 Å². The molecule has 0 unspecified atom stereocenters. The fourth-order valence-corrected chi connectivity index (χ4v) is 3.35. The highest BCUT2D eigenvalue weighted by Gasteiger charge is 2.27. The third kappa shape index (κ3) is 3.27. The van der Waals surface area contributed by atoms with Crippen molar-refractivity contribution in [3.8, 4) is 0 Å². The van der Waals surface area contributed by atoms with E-state index in [1.54, 1.807) is 4.68 Å². The molecule has 1 saturated heterocycles. The molecule has 3 rings (SSSR count). The summed E-state index contributed by atoms with van der Waals surface area (Å²) >= 11 is 0. The number of pyridine rings is 1. The van der Waals surface area contributed by atoms with E-state index in [-0.39, 0.29) is 5.91 Å². The van der Waals surface area contributed by atoms with Gasteiger partial charge in [0.15, 0.2) is 0 Å². The average molecular weight is 327 g/mol. The lowest BCUT2D eigenvalue weighted by molar-refractivity contribution is 0.0706. The number of hydrogen-bond donors (Lipinski definition) is 0. The van der Waals surface area contributed by atoms with E-state index in [1.807, 2.05) is 50.3 Å². The van der Waals surface area contributed by atoms with Crippen molar-refractivity contribution in [1.82, 2.24) is 19.7 Å². The summed E-state index contributed by atoms with van der Waals surface area (Å²) in [6, 6.07) is 4.20. The Bertz CT molecular complexity index is 737. The molecule has 0 spiro atoms. The van der Waals surface area contributed by atoms with Crippen LogP contribution in [-0.4, -0.2) is 52.8 Å². The summed E-state index contributed by atoms with van der Waals surface area (Å²) in [7, 11) is 5.84. The minimum atomic E-state index is 0.0900. The highest BCUT2D eigenvalue weighted by atomic mass is 16.2. The van der Waals surface area contributed by atoms with E-state index in [0.717, 1.165) is 37.4 Å². The van der Waals surface area contributed by atoms with Crippen molar-refractivity contribution in [3.05, 3.63) is 41.3 Å². The first kappa shape index (κ1) is 16.5. The highest BCUT2D eigenvalue weighted by Crippen LogP contribution is 2.29. The zero-order valence-electron chi connectivity index (χ0n) is 14.9. The van der Waals surface area contributed by atoms with E-state index >= 15 is 0 Å². The van der Waals surface area contributed by atoms with Gasteiger partial charge >= 0.3 is 0 Å². The molecule has 6 nitrogen and oxygen atoms in total. The van der Waals surface area contributed by atoms with Gasteiger partial charge in [-0.2, -0.15) is 5.10 Å². The standard InChI is InChI=1S/C18H25N5O/c1-13-16(12-22(4)20-13)18(24)23-9-5-6-15(11-23)14-7-8-19-17(10-14)21(2)3/h7-8,10,12,15H,5-6,9,11H2,1-4H3/t15-/m1/s1. The first-order valence-electron chi connectivity index (χ1n) is 8.38. The molecule has 3 heterocycles. The molecule has 6 heteroatoms. The second-order valence-corrected chi connectivity index (χ2v) is 6.73. The molecule has 1 aliphatic rings. The molecule has 0 bridgehead atoms. The van der Waals surface area contributed by atoms with Crippen LogP contribution in [0.2, 0.25) is 0 Å². The van der Waals surface area contributed by atoms with Crippen LogP contribution in [0.3, 0.4) is 0 Å². The molecule has 0 N–H and O–H groups in total. The molecule has 0 radical (unpaired) electrons. The Morgan fingerprint density at radius 2 is 2.17 bits per heavy atom. The summed E-state index contributed by atoms with van der Waals surface area (Å²) < 4.78 is 1.70. The van der Waals surface area contributed by atoms with Gasteiger partial charge in [-0.3, -0.25) is 9.48 Å². The highest BCUT2D eigenvalue weighted by molar-refractivity contribution is 5.95. The fourth-order valence-electron chi connectivity index (χ4n) is 3.35. The van der Waals surface area contributed by atoms with Gasteiger partial charge in [0.05, 0.1) is 11.3 Å². The van der Waals surface area contributed by atoms with Crippen LogP contribution < -0.4 is 4.90 Å². The molecule has 0 aromatic carbocycles. The molecule has 0 aliphatic carbocycles. The number of rotatable bonds is 3. The minimum absolute atomic E-state index is 0.0900. The Morgan fingerprint density at radius 1 is 1.38 bits per heavy atom. The molecule has 1 atom stereocenters. The van der Waals surface area contributed by atoms with Crippen molar-refractivity contribution in [2.45, 2.75) is 25.7 Å². The number of aromatic nitrogens is 3. The second kappa shape index (κ2) is 6.63. The summed E-state index contributed by atoms with van der Waals surface area (Å²) in [6.45, 7) is 3.46. The first-order chi connectivity index (χ1) is 11.5. The maximum absolute atomic E-state index is 12.8. The van der Waals surface area contributed by atoms with Crippen LogP contribution >= 0.6 is 0 Å². The Morgan fingerprint density at radius 3 is 2.83 bits per heavy atom. The van der Waals surface area contributed by atoms with Gasteiger partial charge in [-0.25, -0.2) is 4.98 Å². The number of carbonyl (C=O) groups is 1. The van der Waals surface area contributed by atoms with E-state index in [2.05, 4.69) is 22.2 Å². The summed E-state index contributed by atoms with van der Waals surface area (Å²) in [5.41, 5.74) is 2.76. The van der Waals surface area contributed by atoms with Crippen molar-refractivity contribution in [2.75, 3.05) is 32.1 Å². The number of likely N-dealkylation sites (tertiary alicyclic amines) is 1. The minimum Gasteiger partial charge on any atom is -0.363 e. The lowest BCUT2D eigenvalue weighted by Crippen LogP contribution is -2.39. The van der Waals surface area contributed by atoms with Gasteiger partial charge in [-0.1, -0.05) is 0 Å². The van der Waals surface area contributed by atoms with Crippen molar-refractivity contribution >= 4 is 11.7 Å². The van der Waals surface area contributed by atoms with E-state index in [0.29, 0.717) is 11.5 Å². The first-order valence-corrected chi connectivity index (χ1v) is 8.38. The van der Waals surface area contributed by atoms with E-state index in [1.165, 1.54) is 5.56 Å². The summed E-state index contributed by atoms with van der Waals surface area (Å²) in [5.74, 6) is 1.41. The van der Waals surface area contributed by atoms with Crippen LogP contribution in [0.15, 0.2) is 24.5 Å².